The molecular weight excluding hydrogens is 246 g/mol. The molecule has 2 aromatic rings. The van der Waals surface area contributed by atoms with Crippen molar-refractivity contribution in [3.05, 3.63) is 24.8 Å². The van der Waals surface area contributed by atoms with E-state index >= 15 is 0 Å². The van der Waals surface area contributed by atoms with Gasteiger partial charge in [0.15, 0.2) is 11.5 Å². The number of aromatic nitrogens is 4. The molecular formula is C12H15N5O2. The van der Waals surface area contributed by atoms with E-state index in [1.54, 1.807) is 6.33 Å². The van der Waals surface area contributed by atoms with Crippen LogP contribution in [-0.4, -0.2) is 42.9 Å². The van der Waals surface area contributed by atoms with Gasteiger partial charge in [0.25, 0.3) is 0 Å². The Hall–Kier alpha value is -1.99. The number of nitrogens with zero attached hydrogens (tertiary/aromatic N) is 4. The second-order valence-corrected chi connectivity index (χ2v) is 4.65. The number of hydrogen-bond donors (Lipinski definition) is 3. The largest absolute Gasteiger partial charge is 0.396 e. The third-order valence-corrected chi connectivity index (χ3v) is 3.67. The molecule has 0 unspecified atom stereocenters. The lowest BCUT2D eigenvalue weighted by Crippen LogP contribution is -2.24. The first-order valence-corrected chi connectivity index (χ1v) is 6.09. The van der Waals surface area contributed by atoms with Crippen molar-refractivity contribution in [3.8, 4) is 0 Å². The van der Waals surface area contributed by atoms with Crippen LogP contribution in [0.25, 0.3) is 11.2 Å². The van der Waals surface area contributed by atoms with E-state index in [-0.39, 0.29) is 31.1 Å². The Balaban J connectivity index is 2.06. The van der Waals surface area contributed by atoms with E-state index in [1.807, 2.05) is 16.7 Å². The van der Waals surface area contributed by atoms with E-state index < -0.39 is 0 Å². The molecule has 0 amide bonds. The molecule has 0 saturated carbocycles. The van der Waals surface area contributed by atoms with E-state index in [1.165, 1.54) is 6.33 Å². The van der Waals surface area contributed by atoms with Gasteiger partial charge in [0.1, 0.15) is 11.8 Å². The minimum absolute atomic E-state index is 0.0108. The zero-order valence-corrected chi connectivity index (χ0v) is 10.2. The second-order valence-electron chi connectivity index (χ2n) is 4.65. The number of fused-ring (bicyclic) bond motifs is 1. The van der Waals surface area contributed by atoms with E-state index in [9.17, 15) is 10.2 Å². The summed E-state index contributed by atoms with van der Waals surface area (Å²) in [4.78, 5) is 12.3. The number of hydrogen-bond acceptors (Lipinski definition) is 6. The summed E-state index contributed by atoms with van der Waals surface area (Å²) in [6.45, 7) is 0.00507. The zero-order chi connectivity index (χ0) is 13.4. The summed E-state index contributed by atoms with van der Waals surface area (Å²) >= 11 is 0. The van der Waals surface area contributed by atoms with Crippen LogP contribution in [0.2, 0.25) is 0 Å². The Morgan fingerprint density at radius 3 is 2.74 bits per heavy atom. The lowest BCUT2D eigenvalue weighted by molar-refractivity contribution is 0.132. The smallest absolute Gasteiger partial charge is 0.165 e. The highest BCUT2D eigenvalue weighted by molar-refractivity contribution is 5.81. The summed E-state index contributed by atoms with van der Waals surface area (Å²) in [5.41, 5.74) is 6.95. The molecule has 0 saturated heterocycles. The highest BCUT2D eigenvalue weighted by atomic mass is 16.3. The van der Waals surface area contributed by atoms with E-state index in [0.717, 1.165) is 0 Å². The van der Waals surface area contributed by atoms with E-state index in [4.69, 9.17) is 5.73 Å². The molecule has 100 valence electrons. The number of nitrogen functional groups attached to an aromatic ring is 1. The molecule has 4 N–H and O–H groups in total. The van der Waals surface area contributed by atoms with E-state index in [2.05, 4.69) is 15.0 Å². The fourth-order valence-electron chi connectivity index (χ4n) is 2.62. The average Bonchev–Trinajstić information content (AvgIpc) is 3.01. The maximum absolute atomic E-state index is 9.52. The number of rotatable bonds is 3. The first kappa shape index (κ1) is 12.1. The predicted octanol–water partition coefficient (Wildman–Crippen LogP) is -0.264. The Bertz CT molecular complexity index is 624. The highest BCUT2D eigenvalue weighted by Crippen LogP contribution is 2.35. The SMILES string of the molecule is Nc1ncnc2c1ncn2[C@@H]1C=C[C@H](CO)[C@@H]1CO. The molecule has 1 aliphatic carbocycles. The van der Waals surface area contributed by atoms with Crippen LogP contribution in [0.3, 0.4) is 0 Å². The van der Waals surface area contributed by atoms with Crippen LogP contribution in [0.1, 0.15) is 6.04 Å². The van der Waals surface area contributed by atoms with Gasteiger partial charge >= 0.3 is 0 Å². The topological polar surface area (TPSA) is 110 Å². The van der Waals surface area contributed by atoms with Gasteiger partial charge in [-0.25, -0.2) is 15.0 Å². The van der Waals surface area contributed by atoms with Crippen molar-refractivity contribution in [2.45, 2.75) is 6.04 Å². The third-order valence-electron chi connectivity index (χ3n) is 3.67. The number of aliphatic hydroxyl groups excluding tert-OH is 2. The van der Waals surface area contributed by atoms with Gasteiger partial charge in [0, 0.05) is 25.0 Å². The van der Waals surface area contributed by atoms with Gasteiger partial charge in [-0.15, -0.1) is 0 Å². The lowest BCUT2D eigenvalue weighted by atomic mass is 9.94. The van der Waals surface area contributed by atoms with Gasteiger partial charge in [-0.2, -0.15) is 0 Å². The fraction of sp³-hybridized carbons (Fsp3) is 0.417. The Morgan fingerprint density at radius 2 is 2.00 bits per heavy atom. The van der Waals surface area contributed by atoms with Crippen LogP contribution < -0.4 is 5.73 Å². The first-order valence-electron chi connectivity index (χ1n) is 6.09. The van der Waals surface area contributed by atoms with Crippen LogP contribution in [0, 0.1) is 11.8 Å². The average molecular weight is 261 g/mol. The van der Waals surface area contributed by atoms with Crippen molar-refractivity contribution in [2.75, 3.05) is 18.9 Å². The summed E-state index contributed by atoms with van der Waals surface area (Å²) in [7, 11) is 0. The number of allylic oxidation sites excluding steroid dienone is 1. The van der Waals surface area contributed by atoms with Crippen molar-refractivity contribution >= 4 is 17.0 Å². The van der Waals surface area contributed by atoms with Gasteiger partial charge < -0.3 is 20.5 Å². The Kier molecular flexibility index (Phi) is 2.92. The van der Waals surface area contributed by atoms with Crippen molar-refractivity contribution in [3.63, 3.8) is 0 Å². The molecule has 19 heavy (non-hydrogen) atoms. The maximum Gasteiger partial charge on any atom is 0.165 e. The second kappa shape index (κ2) is 4.60. The number of anilines is 1. The molecule has 0 spiro atoms. The predicted molar refractivity (Wildman–Crippen MR) is 69.1 cm³/mol. The molecule has 7 nitrogen and oxygen atoms in total. The third kappa shape index (κ3) is 1.78. The zero-order valence-electron chi connectivity index (χ0n) is 10.2. The quantitative estimate of drug-likeness (QED) is 0.656. The van der Waals surface area contributed by atoms with Gasteiger partial charge in [-0.3, -0.25) is 0 Å². The molecule has 0 aromatic carbocycles. The van der Waals surface area contributed by atoms with Gasteiger partial charge in [0.2, 0.25) is 0 Å². The van der Waals surface area contributed by atoms with Crippen molar-refractivity contribution in [1.29, 1.82) is 0 Å². The lowest BCUT2D eigenvalue weighted by Gasteiger charge is -2.23. The molecule has 2 heterocycles. The summed E-state index contributed by atoms with van der Waals surface area (Å²) in [5.74, 6) is 0.204. The molecule has 3 atom stereocenters. The van der Waals surface area contributed by atoms with Crippen LogP contribution >= 0.6 is 0 Å². The van der Waals surface area contributed by atoms with Crippen molar-refractivity contribution < 1.29 is 10.2 Å². The molecule has 3 rings (SSSR count). The molecule has 0 aliphatic heterocycles. The summed E-state index contributed by atoms with van der Waals surface area (Å²) in [5, 5.41) is 18.8. The number of imidazole rings is 1. The summed E-state index contributed by atoms with van der Waals surface area (Å²) in [6, 6.07) is -0.0820. The van der Waals surface area contributed by atoms with Crippen molar-refractivity contribution in [1.82, 2.24) is 19.5 Å². The molecule has 7 heteroatoms. The van der Waals surface area contributed by atoms with Gasteiger partial charge in [0.05, 0.1) is 12.4 Å². The molecule has 0 bridgehead atoms. The monoisotopic (exact) mass is 261 g/mol. The van der Waals surface area contributed by atoms with Crippen LogP contribution in [0.4, 0.5) is 5.82 Å². The van der Waals surface area contributed by atoms with Crippen LogP contribution in [0.15, 0.2) is 24.8 Å². The Morgan fingerprint density at radius 1 is 1.16 bits per heavy atom. The first-order chi connectivity index (χ1) is 9.26. The summed E-state index contributed by atoms with van der Waals surface area (Å²) in [6.07, 6.45) is 6.92. The molecule has 0 radical (unpaired) electrons. The highest BCUT2D eigenvalue weighted by Gasteiger charge is 2.32. The fourth-order valence-corrected chi connectivity index (χ4v) is 2.62. The maximum atomic E-state index is 9.52. The van der Waals surface area contributed by atoms with E-state index in [0.29, 0.717) is 17.0 Å². The standard InChI is InChI=1S/C12H15N5O2/c13-11-10-12(15-5-14-11)17(6-16-10)9-2-1-7(3-18)8(9)4-19/h1-2,5-9,18-19H,3-4H2,(H2,13,14,15)/t7-,8+,9-/m1/s1. The number of nitrogens with two attached hydrogens (primary N) is 1. The minimum Gasteiger partial charge on any atom is -0.396 e. The number of aliphatic hydroxyl groups is 2. The minimum atomic E-state index is -0.0846. The van der Waals surface area contributed by atoms with Gasteiger partial charge in [-0.05, 0) is 0 Å². The van der Waals surface area contributed by atoms with Crippen molar-refractivity contribution in [2.24, 2.45) is 11.8 Å². The molecule has 0 fully saturated rings. The van der Waals surface area contributed by atoms with Crippen LogP contribution in [-0.2, 0) is 0 Å². The molecule has 1 aliphatic rings. The van der Waals surface area contributed by atoms with Gasteiger partial charge in [-0.1, -0.05) is 12.2 Å². The van der Waals surface area contributed by atoms with Crippen LogP contribution in [0.5, 0.6) is 0 Å². The Labute approximate surface area is 109 Å². The normalized spacial score (nSPS) is 26.3. The summed E-state index contributed by atoms with van der Waals surface area (Å²) < 4.78 is 1.86. The molecule has 2 aromatic heterocycles.